The number of phenols is 1. The number of benzene rings is 2. The molecule has 5 heteroatoms. The van der Waals surface area contributed by atoms with Crippen LogP contribution in [0.3, 0.4) is 0 Å². The summed E-state index contributed by atoms with van der Waals surface area (Å²) in [5.74, 6) is 0.330. The van der Waals surface area contributed by atoms with Gasteiger partial charge in [-0.25, -0.2) is 4.39 Å². The number of amides is 1. The predicted molar refractivity (Wildman–Crippen MR) is 94.8 cm³/mol. The largest absolute Gasteiger partial charge is 0.508 e. The Morgan fingerprint density at radius 3 is 2.36 bits per heavy atom. The summed E-state index contributed by atoms with van der Waals surface area (Å²) in [7, 11) is 0. The van der Waals surface area contributed by atoms with Crippen LogP contribution in [-0.2, 0) is 6.54 Å². The number of piperidine rings is 1. The molecule has 0 saturated carbocycles. The van der Waals surface area contributed by atoms with Crippen molar-refractivity contribution < 1.29 is 14.3 Å². The van der Waals surface area contributed by atoms with E-state index >= 15 is 0 Å². The number of likely N-dealkylation sites (tertiary alicyclic amines) is 1. The molecule has 1 aliphatic rings. The first-order valence-corrected chi connectivity index (χ1v) is 8.64. The molecule has 4 nitrogen and oxygen atoms in total. The summed E-state index contributed by atoms with van der Waals surface area (Å²) >= 11 is 0. The molecule has 0 unspecified atom stereocenters. The maximum Gasteiger partial charge on any atom is 0.251 e. The average molecular weight is 342 g/mol. The van der Waals surface area contributed by atoms with Gasteiger partial charge >= 0.3 is 0 Å². The second kappa shape index (κ2) is 8.12. The maximum absolute atomic E-state index is 12.9. The van der Waals surface area contributed by atoms with E-state index in [9.17, 15) is 14.3 Å². The number of carbonyl (C=O) groups excluding carboxylic acids is 1. The maximum atomic E-state index is 12.9. The molecule has 132 valence electrons. The number of phenolic OH excluding ortho intramolecular Hbond substituents is 1. The molecule has 1 fully saturated rings. The first-order valence-electron chi connectivity index (χ1n) is 8.64. The van der Waals surface area contributed by atoms with Gasteiger partial charge in [-0.2, -0.15) is 0 Å². The quantitative estimate of drug-likeness (QED) is 0.877. The van der Waals surface area contributed by atoms with Crippen LogP contribution in [0.4, 0.5) is 4.39 Å². The second-order valence-electron chi connectivity index (χ2n) is 6.60. The number of aromatic hydroxyl groups is 1. The van der Waals surface area contributed by atoms with Gasteiger partial charge < -0.3 is 10.4 Å². The molecular weight excluding hydrogens is 319 g/mol. The topological polar surface area (TPSA) is 52.6 Å². The van der Waals surface area contributed by atoms with E-state index in [1.807, 2.05) is 12.1 Å². The molecule has 2 N–H and O–H groups in total. The van der Waals surface area contributed by atoms with Gasteiger partial charge in [-0.15, -0.1) is 0 Å². The summed E-state index contributed by atoms with van der Waals surface area (Å²) in [4.78, 5) is 14.5. The number of hydrogen-bond donors (Lipinski definition) is 2. The summed E-state index contributed by atoms with van der Waals surface area (Å²) in [6.45, 7) is 3.48. The van der Waals surface area contributed by atoms with Gasteiger partial charge in [0.15, 0.2) is 0 Å². The minimum absolute atomic E-state index is 0.103. The molecule has 1 heterocycles. The molecule has 0 aromatic heterocycles. The number of nitrogens with one attached hydrogen (secondary N) is 1. The van der Waals surface area contributed by atoms with Gasteiger partial charge in [0, 0.05) is 18.7 Å². The van der Waals surface area contributed by atoms with E-state index < -0.39 is 0 Å². The van der Waals surface area contributed by atoms with E-state index in [-0.39, 0.29) is 17.5 Å². The molecule has 1 aliphatic heterocycles. The Bertz CT molecular complexity index is 693. The van der Waals surface area contributed by atoms with Crippen LogP contribution >= 0.6 is 0 Å². The number of hydrogen-bond acceptors (Lipinski definition) is 3. The van der Waals surface area contributed by atoms with Crippen molar-refractivity contribution in [2.24, 2.45) is 5.92 Å². The molecule has 1 saturated heterocycles. The van der Waals surface area contributed by atoms with Gasteiger partial charge in [-0.05, 0) is 73.8 Å². The number of carbonyl (C=O) groups is 1. The van der Waals surface area contributed by atoms with Crippen LogP contribution < -0.4 is 5.32 Å². The van der Waals surface area contributed by atoms with Gasteiger partial charge in [-0.1, -0.05) is 12.1 Å². The molecule has 25 heavy (non-hydrogen) atoms. The molecule has 3 rings (SSSR count). The Hall–Kier alpha value is -2.40. The highest BCUT2D eigenvalue weighted by Crippen LogP contribution is 2.19. The average Bonchev–Trinajstić information content (AvgIpc) is 2.63. The fraction of sp³-hybridized carbons (Fsp3) is 0.350. The molecule has 2 aromatic carbocycles. The lowest BCUT2D eigenvalue weighted by molar-refractivity contribution is 0.0935. The summed E-state index contributed by atoms with van der Waals surface area (Å²) in [5.41, 5.74) is 1.69. The van der Waals surface area contributed by atoms with E-state index in [0.717, 1.165) is 38.0 Å². The van der Waals surface area contributed by atoms with Gasteiger partial charge in [0.1, 0.15) is 11.6 Å². The van der Waals surface area contributed by atoms with Crippen molar-refractivity contribution in [2.45, 2.75) is 19.4 Å². The van der Waals surface area contributed by atoms with Crippen LogP contribution in [0, 0.1) is 11.7 Å². The highest BCUT2D eigenvalue weighted by molar-refractivity contribution is 5.94. The van der Waals surface area contributed by atoms with Crippen LogP contribution in [0.2, 0.25) is 0 Å². The molecule has 1 amide bonds. The van der Waals surface area contributed by atoms with Crippen LogP contribution in [-0.4, -0.2) is 35.5 Å². The van der Waals surface area contributed by atoms with Crippen molar-refractivity contribution in [1.82, 2.24) is 10.2 Å². The number of nitrogens with zero attached hydrogens (tertiary/aromatic N) is 1. The van der Waals surface area contributed by atoms with E-state index in [1.165, 1.54) is 24.3 Å². The Kier molecular flexibility index (Phi) is 5.66. The summed E-state index contributed by atoms with van der Waals surface area (Å²) in [6.07, 6.45) is 2.08. The third-order valence-corrected chi connectivity index (χ3v) is 4.71. The lowest BCUT2D eigenvalue weighted by Crippen LogP contribution is -2.38. The smallest absolute Gasteiger partial charge is 0.251 e. The van der Waals surface area contributed by atoms with Crippen molar-refractivity contribution in [3.05, 3.63) is 65.5 Å². The summed E-state index contributed by atoms with van der Waals surface area (Å²) in [6, 6.07) is 12.9. The summed E-state index contributed by atoms with van der Waals surface area (Å²) in [5, 5.41) is 12.2. The van der Waals surface area contributed by atoms with Gasteiger partial charge in [0.05, 0.1) is 0 Å². The zero-order valence-electron chi connectivity index (χ0n) is 14.1. The standard InChI is InChI=1S/C20H23FN2O2/c21-18-5-1-16(2-6-18)14-23-11-9-15(10-12-23)13-22-20(25)17-3-7-19(24)8-4-17/h1-8,15,24H,9-14H2,(H,22,25). The van der Waals surface area contributed by atoms with Gasteiger partial charge in [0.2, 0.25) is 0 Å². The summed E-state index contributed by atoms with van der Waals surface area (Å²) < 4.78 is 12.9. The second-order valence-corrected chi connectivity index (χ2v) is 6.60. The van der Waals surface area contributed by atoms with Gasteiger partial charge in [-0.3, -0.25) is 9.69 Å². The zero-order chi connectivity index (χ0) is 17.6. The van der Waals surface area contributed by atoms with Gasteiger partial charge in [0.25, 0.3) is 5.91 Å². The minimum atomic E-state index is -0.202. The van der Waals surface area contributed by atoms with Crippen molar-refractivity contribution in [3.8, 4) is 5.75 Å². The Labute approximate surface area is 147 Å². The van der Waals surface area contributed by atoms with Crippen molar-refractivity contribution >= 4 is 5.91 Å². The highest BCUT2D eigenvalue weighted by Gasteiger charge is 2.20. The first kappa shape index (κ1) is 17.4. The van der Waals surface area contributed by atoms with Crippen molar-refractivity contribution in [3.63, 3.8) is 0 Å². The molecule has 0 radical (unpaired) electrons. The SMILES string of the molecule is O=C(NCC1CCN(Cc2ccc(F)cc2)CC1)c1ccc(O)cc1. The van der Waals surface area contributed by atoms with Crippen LogP contribution in [0.5, 0.6) is 5.75 Å². The highest BCUT2D eigenvalue weighted by atomic mass is 19.1. The predicted octanol–water partition coefficient (Wildman–Crippen LogP) is 3.17. The van der Waals surface area contributed by atoms with E-state index in [0.29, 0.717) is 18.0 Å². The minimum Gasteiger partial charge on any atom is -0.508 e. The monoisotopic (exact) mass is 342 g/mol. The molecule has 2 aromatic rings. The number of halogens is 1. The zero-order valence-corrected chi connectivity index (χ0v) is 14.1. The Morgan fingerprint density at radius 1 is 1.08 bits per heavy atom. The Morgan fingerprint density at radius 2 is 1.72 bits per heavy atom. The van der Waals surface area contributed by atoms with Crippen LogP contribution in [0.25, 0.3) is 0 Å². The molecule has 0 aliphatic carbocycles. The van der Waals surface area contributed by atoms with Crippen molar-refractivity contribution in [2.75, 3.05) is 19.6 Å². The lowest BCUT2D eigenvalue weighted by atomic mass is 9.96. The van der Waals surface area contributed by atoms with E-state index in [4.69, 9.17) is 0 Å². The third kappa shape index (κ3) is 5.03. The van der Waals surface area contributed by atoms with Crippen molar-refractivity contribution in [1.29, 1.82) is 0 Å². The molecule has 0 bridgehead atoms. The van der Waals surface area contributed by atoms with Crippen LogP contribution in [0.1, 0.15) is 28.8 Å². The van der Waals surface area contributed by atoms with E-state index in [1.54, 1.807) is 12.1 Å². The fourth-order valence-corrected chi connectivity index (χ4v) is 3.15. The fourth-order valence-electron chi connectivity index (χ4n) is 3.15. The molecule has 0 atom stereocenters. The molecular formula is C20H23FN2O2. The third-order valence-electron chi connectivity index (χ3n) is 4.71. The normalized spacial score (nSPS) is 15.9. The Balaban J connectivity index is 1.41. The molecule has 0 spiro atoms. The van der Waals surface area contributed by atoms with Crippen LogP contribution in [0.15, 0.2) is 48.5 Å². The van der Waals surface area contributed by atoms with E-state index in [2.05, 4.69) is 10.2 Å². The number of rotatable bonds is 5. The first-order chi connectivity index (χ1) is 12.1. The lowest BCUT2D eigenvalue weighted by Gasteiger charge is -2.32.